The van der Waals surface area contributed by atoms with Gasteiger partial charge in [-0.05, 0) is 59.0 Å². The number of hydrogen-bond acceptors (Lipinski definition) is 3. The Labute approximate surface area is 192 Å². The molecule has 1 fully saturated rings. The maximum atomic E-state index is 13.1. The van der Waals surface area contributed by atoms with Crippen molar-refractivity contribution in [2.45, 2.75) is 38.8 Å². The van der Waals surface area contributed by atoms with Crippen LogP contribution in [-0.2, 0) is 17.8 Å². The van der Waals surface area contributed by atoms with Crippen LogP contribution in [0.1, 0.15) is 46.8 Å². The van der Waals surface area contributed by atoms with Crippen molar-refractivity contribution in [2.24, 2.45) is 0 Å². The van der Waals surface area contributed by atoms with Gasteiger partial charge in [0.05, 0.1) is 5.69 Å². The Morgan fingerprint density at radius 1 is 0.909 bits per heavy atom. The summed E-state index contributed by atoms with van der Waals surface area (Å²) in [5, 5.41) is 2.89. The summed E-state index contributed by atoms with van der Waals surface area (Å²) in [4.78, 5) is 41.6. The fourth-order valence-electron chi connectivity index (χ4n) is 4.47. The standard InChI is InChI=1S/C27H25N3O3/c1-17(2)18-7-11-22(12-8-18)28-25(31)19-9-13-23(14-10-19)30-26(32)24-15-20-5-3-4-6-21(20)16-29(24)27(30)33/h3-14,17,24H,15-16H2,1-2H3,(H,28,31)/t24-/m0/s1. The average molecular weight is 440 g/mol. The van der Waals surface area contributed by atoms with Crippen LogP contribution in [0.2, 0.25) is 0 Å². The molecule has 166 valence electrons. The summed E-state index contributed by atoms with van der Waals surface area (Å²) in [6, 6.07) is 21.5. The molecule has 0 spiro atoms. The lowest BCUT2D eigenvalue weighted by Gasteiger charge is -2.28. The number of fused-ring (bicyclic) bond motifs is 2. The first-order valence-electron chi connectivity index (χ1n) is 11.1. The number of benzene rings is 3. The van der Waals surface area contributed by atoms with Crippen LogP contribution in [0.5, 0.6) is 0 Å². The lowest BCUT2D eigenvalue weighted by Crippen LogP contribution is -2.39. The third-order valence-electron chi connectivity index (χ3n) is 6.41. The van der Waals surface area contributed by atoms with E-state index in [1.807, 2.05) is 48.5 Å². The SMILES string of the molecule is CC(C)c1ccc(NC(=O)c2ccc(N3C(=O)[C@@H]4Cc5ccccc5CN4C3=O)cc2)cc1. The molecule has 2 aliphatic heterocycles. The van der Waals surface area contributed by atoms with Gasteiger partial charge in [0.1, 0.15) is 6.04 Å². The summed E-state index contributed by atoms with van der Waals surface area (Å²) in [5.74, 6) is -0.0460. The average Bonchev–Trinajstić information content (AvgIpc) is 3.07. The number of rotatable bonds is 4. The smallest absolute Gasteiger partial charge is 0.322 e. The zero-order valence-corrected chi connectivity index (χ0v) is 18.6. The Balaban J connectivity index is 1.31. The zero-order valence-electron chi connectivity index (χ0n) is 18.6. The highest BCUT2D eigenvalue weighted by molar-refractivity contribution is 6.21. The third kappa shape index (κ3) is 3.78. The van der Waals surface area contributed by atoms with Gasteiger partial charge in [-0.3, -0.25) is 9.59 Å². The summed E-state index contributed by atoms with van der Waals surface area (Å²) in [7, 11) is 0. The molecule has 2 heterocycles. The molecule has 0 radical (unpaired) electrons. The van der Waals surface area contributed by atoms with Crippen LogP contribution < -0.4 is 10.2 Å². The third-order valence-corrected chi connectivity index (χ3v) is 6.41. The largest absolute Gasteiger partial charge is 0.332 e. The predicted octanol–water partition coefficient (Wildman–Crippen LogP) is 4.96. The summed E-state index contributed by atoms with van der Waals surface area (Å²) in [6.07, 6.45) is 0.521. The van der Waals surface area contributed by atoms with E-state index in [4.69, 9.17) is 0 Å². The van der Waals surface area contributed by atoms with Crippen LogP contribution in [0.4, 0.5) is 16.2 Å². The number of carbonyl (C=O) groups is 3. The number of nitrogens with zero attached hydrogens (tertiary/aromatic N) is 2. The minimum Gasteiger partial charge on any atom is -0.322 e. The van der Waals surface area contributed by atoms with Crippen molar-refractivity contribution in [1.29, 1.82) is 0 Å². The van der Waals surface area contributed by atoms with E-state index in [0.29, 0.717) is 30.1 Å². The zero-order chi connectivity index (χ0) is 23.1. The molecule has 0 bridgehead atoms. The first kappa shape index (κ1) is 20.9. The van der Waals surface area contributed by atoms with E-state index < -0.39 is 6.04 Å². The van der Waals surface area contributed by atoms with E-state index in [-0.39, 0.29) is 17.8 Å². The maximum Gasteiger partial charge on any atom is 0.332 e. The molecule has 1 atom stereocenters. The summed E-state index contributed by atoms with van der Waals surface area (Å²) >= 11 is 0. The Bertz CT molecular complexity index is 1190. The van der Waals surface area contributed by atoms with Crippen molar-refractivity contribution in [1.82, 2.24) is 4.90 Å². The topological polar surface area (TPSA) is 69.7 Å². The van der Waals surface area contributed by atoms with Gasteiger partial charge in [0.2, 0.25) is 0 Å². The maximum absolute atomic E-state index is 13.1. The number of urea groups is 1. The van der Waals surface area contributed by atoms with Crippen LogP contribution in [0.25, 0.3) is 0 Å². The van der Waals surface area contributed by atoms with Gasteiger partial charge in [0.15, 0.2) is 0 Å². The Hall–Kier alpha value is -3.93. The minimum absolute atomic E-state index is 0.225. The molecule has 4 amide bonds. The van der Waals surface area contributed by atoms with E-state index in [1.54, 1.807) is 29.2 Å². The molecule has 0 saturated carbocycles. The molecule has 1 N–H and O–H groups in total. The summed E-state index contributed by atoms with van der Waals surface area (Å²) < 4.78 is 0. The van der Waals surface area contributed by atoms with Gasteiger partial charge in [-0.25, -0.2) is 9.69 Å². The molecular weight excluding hydrogens is 414 g/mol. The molecule has 2 aliphatic rings. The van der Waals surface area contributed by atoms with E-state index in [0.717, 1.165) is 16.8 Å². The highest BCUT2D eigenvalue weighted by Gasteiger charge is 2.47. The normalized spacial score (nSPS) is 17.2. The highest BCUT2D eigenvalue weighted by Crippen LogP contribution is 2.33. The molecule has 3 aromatic carbocycles. The van der Waals surface area contributed by atoms with Crippen molar-refractivity contribution in [3.63, 3.8) is 0 Å². The number of amides is 4. The lowest BCUT2D eigenvalue weighted by atomic mass is 9.95. The molecule has 33 heavy (non-hydrogen) atoms. The van der Waals surface area contributed by atoms with Crippen molar-refractivity contribution in [3.8, 4) is 0 Å². The Kier molecular flexibility index (Phi) is 5.21. The highest BCUT2D eigenvalue weighted by atomic mass is 16.2. The van der Waals surface area contributed by atoms with Crippen molar-refractivity contribution < 1.29 is 14.4 Å². The number of imide groups is 1. The van der Waals surface area contributed by atoms with Gasteiger partial charge in [0, 0.05) is 24.2 Å². The van der Waals surface area contributed by atoms with Gasteiger partial charge in [-0.15, -0.1) is 0 Å². The van der Waals surface area contributed by atoms with Crippen LogP contribution >= 0.6 is 0 Å². The number of hydrogen-bond donors (Lipinski definition) is 1. The quantitative estimate of drug-likeness (QED) is 0.585. The molecule has 0 aliphatic carbocycles. The van der Waals surface area contributed by atoms with E-state index in [1.165, 1.54) is 10.5 Å². The monoisotopic (exact) mass is 439 g/mol. The van der Waals surface area contributed by atoms with Crippen LogP contribution in [0, 0.1) is 0 Å². The number of nitrogens with one attached hydrogen (secondary N) is 1. The fraction of sp³-hybridized carbons (Fsp3) is 0.222. The molecule has 0 unspecified atom stereocenters. The second-order valence-electron chi connectivity index (χ2n) is 8.85. The number of carbonyl (C=O) groups excluding carboxylic acids is 3. The van der Waals surface area contributed by atoms with E-state index >= 15 is 0 Å². The van der Waals surface area contributed by atoms with Crippen LogP contribution in [0.15, 0.2) is 72.8 Å². The van der Waals surface area contributed by atoms with Crippen molar-refractivity contribution in [2.75, 3.05) is 10.2 Å². The lowest BCUT2D eigenvalue weighted by molar-refractivity contribution is -0.120. The predicted molar refractivity (Wildman–Crippen MR) is 127 cm³/mol. The molecule has 6 nitrogen and oxygen atoms in total. The van der Waals surface area contributed by atoms with Gasteiger partial charge in [-0.2, -0.15) is 0 Å². The van der Waals surface area contributed by atoms with Crippen LogP contribution in [-0.4, -0.2) is 28.8 Å². The second kappa shape index (κ2) is 8.20. The van der Waals surface area contributed by atoms with Crippen molar-refractivity contribution >= 4 is 29.2 Å². The van der Waals surface area contributed by atoms with Gasteiger partial charge in [-0.1, -0.05) is 50.2 Å². The van der Waals surface area contributed by atoms with Crippen LogP contribution in [0.3, 0.4) is 0 Å². The fourth-order valence-corrected chi connectivity index (χ4v) is 4.47. The molecule has 1 saturated heterocycles. The first-order valence-corrected chi connectivity index (χ1v) is 11.1. The summed E-state index contributed by atoms with van der Waals surface area (Å²) in [5.41, 5.74) is 5.03. The molecule has 0 aromatic heterocycles. The molecule has 3 aromatic rings. The van der Waals surface area contributed by atoms with E-state index in [9.17, 15) is 14.4 Å². The van der Waals surface area contributed by atoms with Gasteiger partial charge < -0.3 is 10.2 Å². The van der Waals surface area contributed by atoms with Gasteiger partial charge in [0.25, 0.3) is 11.8 Å². The number of anilines is 2. The first-order chi connectivity index (χ1) is 15.9. The molecular formula is C27H25N3O3. The molecule has 5 rings (SSSR count). The van der Waals surface area contributed by atoms with Gasteiger partial charge >= 0.3 is 6.03 Å². The minimum atomic E-state index is -0.482. The Morgan fingerprint density at radius 3 is 2.24 bits per heavy atom. The van der Waals surface area contributed by atoms with Crippen molar-refractivity contribution in [3.05, 3.63) is 95.1 Å². The van der Waals surface area contributed by atoms with E-state index in [2.05, 4.69) is 19.2 Å². The molecule has 6 heteroatoms. The Morgan fingerprint density at radius 2 is 1.58 bits per heavy atom. The summed E-state index contributed by atoms with van der Waals surface area (Å²) in [6.45, 7) is 4.67. The second-order valence-corrected chi connectivity index (χ2v) is 8.85.